The number of benzene rings is 2. The SMILES string of the molecule is NC1=C(OSCc2cccc(F)c2F)C(=O)C(c2ccc(Cl)cc2)O1. The van der Waals surface area contributed by atoms with Gasteiger partial charge in [-0.15, -0.1) is 0 Å². The van der Waals surface area contributed by atoms with Crippen molar-refractivity contribution >= 4 is 29.4 Å². The summed E-state index contributed by atoms with van der Waals surface area (Å²) in [5, 5.41) is 0.527. The van der Waals surface area contributed by atoms with E-state index in [1.54, 1.807) is 24.3 Å². The Labute approximate surface area is 151 Å². The van der Waals surface area contributed by atoms with Crippen molar-refractivity contribution in [2.24, 2.45) is 5.73 Å². The van der Waals surface area contributed by atoms with Crippen LogP contribution in [-0.4, -0.2) is 5.78 Å². The van der Waals surface area contributed by atoms with Crippen LogP contribution in [0.4, 0.5) is 8.78 Å². The first-order valence-electron chi connectivity index (χ1n) is 7.16. The molecular weight excluding hydrogens is 372 g/mol. The Bertz CT molecular complexity index is 842. The maximum atomic E-state index is 13.6. The van der Waals surface area contributed by atoms with Crippen LogP contribution in [-0.2, 0) is 19.5 Å². The van der Waals surface area contributed by atoms with E-state index in [2.05, 4.69) is 0 Å². The zero-order valence-electron chi connectivity index (χ0n) is 12.7. The van der Waals surface area contributed by atoms with Crippen LogP contribution in [0.25, 0.3) is 0 Å². The van der Waals surface area contributed by atoms with Gasteiger partial charge in [0.25, 0.3) is 0 Å². The van der Waals surface area contributed by atoms with Crippen LogP contribution in [0.5, 0.6) is 0 Å². The van der Waals surface area contributed by atoms with E-state index in [0.29, 0.717) is 10.6 Å². The van der Waals surface area contributed by atoms with Crippen molar-refractivity contribution in [1.29, 1.82) is 0 Å². The first kappa shape index (κ1) is 17.6. The van der Waals surface area contributed by atoms with Gasteiger partial charge in [0.15, 0.2) is 17.7 Å². The molecule has 0 fully saturated rings. The molecule has 3 rings (SSSR count). The molecule has 1 atom stereocenters. The van der Waals surface area contributed by atoms with Crippen molar-refractivity contribution < 1.29 is 22.5 Å². The predicted octanol–water partition coefficient (Wildman–Crippen LogP) is 4.25. The number of ketones is 1. The summed E-state index contributed by atoms with van der Waals surface area (Å²) < 4.78 is 37.4. The van der Waals surface area contributed by atoms with Gasteiger partial charge in [0.1, 0.15) is 0 Å². The molecule has 2 aromatic rings. The molecule has 0 saturated heterocycles. The normalized spacial score (nSPS) is 16.9. The molecule has 4 nitrogen and oxygen atoms in total. The number of hydrogen-bond donors (Lipinski definition) is 1. The Hall–Kier alpha value is -2.25. The molecule has 0 amide bonds. The number of nitrogens with two attached hydrogens (primary N) is 1. The van der Waals surface area contributed by atoms with Crippen molar-refractivity contribution in [3.8, 4) is 0 Å². The van der Waals surface area contributed by atoms with Crippen molar-refractivity contribution in [3.05, 3.63) is 81.9 Å². The predicted molar refractivity (Wildman–Crippen MR) is 90.2 cm³/mol. The Balaban J connectivity index is 1.64. The van der Waals surface area contributed by atoms with Crippen molar-refractivity contribution in [3.63, 3.8) is 0 Å². The molecule has 0 aliphatic carbocycles. The third-order valence-electron chi connectivity index (χ3n) is 3.49. The van der Waals surface area contributed by atoms with Crippen molar-refractivity contribution in [1.82, 2.24) is 0 Å². The lowest BCUT2D eigenvalue weighted by Crippen LogP contribution is -2.10. The lowest BCUT2D eigenvalue weighted by Gasteiger charge is -2.09. The van der Waals surface area contributed by atoms with E-state index in [0.717, 1.165) is 18.1 Å². The van der Waals surface area contributed by atoms with Gasteiger partial charge in [-0.2, -0.15) is 0 Å². The van der Waals surface area contributed by atoms with Crippen LogP contribution in [0.2, 0.25) is 5.02 Å². The number of carbonyl (C=O) groups excluding carboxylic acids is 1. The van der Waals surface area contributed by atoms with Gasteiger partial charge in [0.2, 0.25) is 17.4 Å². The molecule has 1 aliphatic rings. The molecule has 0 aromatic heterocycles. The number of halogens is 3. The fraction of sp³-hybridized carbons (Fsp3) is 0.118. The molecule has 25 heavy (non-hydrogen) atoms. The summed E-state index contributed by atoms with van der Waals surface area (Å²) in [4.78, 5) is 12.4. The molecule has 0 spiro atoms. The number of rotatable bonds is 5. The third kappa shape index (κ3) is 3.72. The second-order valence-electron chi connectivity index (χ2n) is 5.17. The Morgan fingerprint density at radius 2 is 1.92 bits per heavy atom. The summed E-state index contributed by atoms with van der Waals surface area (Å²) in [6.07, 6.45) is -0.918. The molecule has 2 aromatic carbocycles. The maximum Gasteiger partial charge on any atom is 0.249 e. The van der Waals surface area contributed by atoms with Crippen molar-refractivity contribution in [2.75, 3.05) is 0 Å². The van der Waals surface area contributed by atoms with E-state index in [-0.39, 0.29) is 23.0 Å². The van der Waals surface area contributed by atoms with Gasteiger partial charge in [-0.1, -0.05) is 35.9 Å². The molecule has 1 heterocycles. The van der Waals surface area contributed by atoms with Crippen molar-refractivity contribution in [2.45, 2.75) is 11.9 Å². The van der Waals surface area contributed by atoms with E-state index in [9.17, 15) is 13.6 Å². The van der Waals surface area contributed by atoms with E-state index < -0.39 is 23.5 Å². The van der Waals surface area contributed by atoms with Crippen LogP contribution < -0.4 is 5.73 Å². The summed E-state index contributed by atoms with van der Waals surface area (Å²) in [6.45, 7) is 0. The zero-order chi connectivity index (χ0) is 18.0. The summed E-state index contributed by atoms with van der Waals surface area (Å²) in [5.74, 6) is -2.65. The van der Waals surface area contributed by atoms with Crippen LogP contribution in [0.3, 0.4) is 0 Å². The summed E-state index contributed by atoms with van der Waals surface area (Å²) >= 11 is 6.58. The fourth-order valence-electron chi connectivity index (χ4n) is 2.23. The van der Waals surface area contributed by atoms with Gasteiger partial charge in [-0.3, -0.25) is 4.79 Å². The largest absolute Gasteiger partial charge is 0.460 e. The third-order valence-corrected chi connectivity index (χ3v) is 4.46. The molecule has 0 bridgehead atoms. The average Bonchev–Trinajstić information content (AvgIpc) is 2.87. The number of carbonyl (C=O) groups is 1. The average molecular weight is 384 g/mol. The van der Waals surface area contributed by atoms with Crippen LogP contribution in [0.15, 0.2) is 54.1 Å². The molecule has 1 unspecified atom stereocenters. The zero-order valence-corrected chi connectivity index (χ0v) is 14.2. The maximum absolute atomic E-state index is 13.6. The topological polar surface area (TPSA) is 61.5 Å². The molecule has 1 aliphatic heterocycles. The quantitative estimate of drug-likeness (QED) is 0.782. The van der Waals surface area contributed by atoms with E-state index in [4.69, 9.17) is 26.3 Å². The highest BCUT2D eigenvalue weighted by atomic mass is 35.5. The van der Waals surface area contributed by atoms with Gasteiger partial charge < -0.3 is 14.7 Å². The molecule has 0 saturated carbocycles. The second kappa shape index (κ2) is 7.33. The molecule has 130 valence electrons. The van der Waals surface area contributed by atoms with E-state index in [1.165, 1.54) is 12.1 Å². The summed E-state index contributed by atoms with van der Waals surface area (Å²) in [5.41, 5.74) is 6.39. The van der Waals surface area contributed by atoms with Gasteiger partial charge in [0, 0.05) is 16.1 Å². The van der Waals surface area contributed by atoms with Crippen LogP contribution >= 0.6 is 23.6 Å². The number of ether oxygens (including phenoxy) is 1. The fourth-order valence-corrected chi connectivity index (χ4v) is 3.04. The number of Topliss-reactive ketones (excluding diaryl/α,β-unsaturated/α-hetero) is 1. The highest BCUT2D eigenvalue weighted by Crippen LogP contribution is 2.34. The molecular formula is C17H12ClF2NO3S. The molecule has 2 N–H and O–H groups in total. The Morgan fingerprint density at radius 3 is 2.64 bits per heavy atom. The second-order valence-corrected chi connectivity index (χ2v) is 6.29. The van der Waals surface area contributed by atoms with Crippen LogP contribution in [0, 0.1) is 11.6 Å². The summed E-state index contributed by atoms with van der Waals surface area (Å²) in [6, 6.07) is 10.4. The van der Waals surface area contributed by atoms with Gasteiger partial charge >= 0.3 is 0 Å². The minimum Gasteiger partial charge on any atom is -0.460 e. The van der Waals surface area contributed by atoms with Gasteiger partial charge in [0.05, 0.1) is 17.8 Å². The van der Waals surface area contributed by atoms with Gasteiger partial charge in [-0.25, -0.2) is 8.78 Å². The van der Waals surface area contributed by atoms with E-state index in [1.807, 2.05) is 0 Å². The standard InChI is InChI=1S/C17H12ClF2NO3S/c18-11-6-4-9(5-7-11)15-14(22)16(17(21)23-15)24-25-8-10-2-1-3-12(19)13(10)20/h1-7,15H,8,21H2. The highest BCUT2D eigenvalue weighted by molar-refractivity contribution is 7.94. The molecule has 8 heteroatoms. The lowest BCUT2D eigenvalue weighted by atomic mass is 10.1. The Kier molecular flexibility index (Phi) is 5.15. The first-order chi connectivity index (χ1) is 12.0. The highest BCUT2D eigenvalue weighted by Gasteiger charge is 2.37. The first-order valence-corrected chi connectivity index (χ1v) is 8.44. The lowest BCUT2D eigenvalue weighted by molar-refractivity contribution is -0.122. The minimum atomic E-state index is -0.950. The molecule has 0 radical (unpaired) electrons. The van der Waals surface area contributed by atoms with E-state index >= 15 is 0 Å². The monoisotopic (exact) mass is 383 g/mol. The Morgan fingerprint density at radius 1 is 1.20 bits per heavy atom. The van der Waals surface area contributed by atoms with Gasteiger partial charge in [-0.05, 0) is 18.2 Å². The smallest absolute Gasteiger partial charge is 0.249 e. The van der Waals surface area contributed by atoms with Crippen LogP contribution in [0.1, 0.15) is 17.2 Å². The minimum absolute atomic E-state index is 0.000729. The number of hydrogen-bond acceptors (Lipinski definition) is 5. The summed E-state index contributed by atoms with van der Waals surface area (Å²) in [7, 11) is 0.